The third-order valence-electron chi connectivity index (χ3n) is 3.34. The molecule has 1 unspecified atom stereocenters. The van der Waals surface area contributed by atoms with Crippen LogP contribution in [-0.2, 0) is 11.3 Å². The number of aromatic nitrogens is 2. The summed E-state index contributed by atoms with van der Waals surface area (Å²) in [5.41, 5.74) is 7.17. The fourth-order valence-corrected chi connectivity index (χ4v) is 2.38. The first kappa shape index (κ1) is 16.4. The van der Waals surface area contributed by atoms with Crippen molar-refractivity contribution < 1.29 is 4.74 Å². The van der Waals surface area contributed by atoms with E-state index in [1.54, 1.807) is 13.3 Å². The number of nitrogens with zero attached hydrogens (tertiary/aromatic N) is 3. The van der Waals surface area contributed by atoms with Gasteiger partial charge in [-0.1, -0.05) is 25.4 Å². The summed E-state index contributed by atoms with van der Waals surface area (Å²) in [6.45, 7) is 8.65. The zero-order valence-corrected chi connectivity index (χ0v) is 12.9. The lowest BCUT2D eigenvalue weighted by Crippen LogP contribution is -2.28. The quantitative estimate of drug-likeness (QED) is 0.754. The van der Waals surface area contributed by atoms with Crippen molar-refractivity contribution in [3.05, 3.63) is 16.9 Å². The Bertz CT molecular complexity index is 366. The van der Waals surface area contributed by atoms with Gasteiger partial charge in [-0.3, -0.25) is 4.68 Å². The van der Waals surface area contributed by atoms with Crippen molar-refractivity contribution in [3.63, 3.8) is 0 Å². The molecule has 0 aliphatic heterocycles. The molecule has 0 saturated carbocycles. The van der Waals surface area contributed by atoms with Crippen molar-refractivity contribution >= 4 is 11.6 Å². The zero-order valence-electron chi connectivity index (χ0n) is 12.1. The van der Waals surface area contributed by atoms with Crippen molar-refractivity contribution in [3.8, 4) is 0 Å². The van der Waals surface area contributed by atoms with Crippen LogP contribution in [0.2, 0.25) is 5.02 Å². The molecule has 0 radical (unpaired) electrons. The molecule has 0 aromatic carbocycles. The van der Waals surface area contributed by atoms with E-state index in [-0.39, 0.29) is 6.04 Å². The van der Waals surface area contributed by atoms with Crippen LogP contribution in [0.5, 0.6) is 0 Å². The monoisotopic (exact) mass is 288 g/mol. The normalized spacial score (nSPS) is 13.2. The molecular formula is C13H25ClN4O. The molecule has 6 heteroatoms. The smallest absolute Gasteiger partial charge is 0.0834 e. The number of hydrogen-bond donors (Lipinski definition) is 1. The van der Waals surface area contributed by atoms with Gasteiger partial charge in [0.15, 0.2) is 0 Å². The van der Waals surface area contributed by atoms with Gasteiger partial charge in [0.1, 0.15) is 0 Å². The zero-order chi connectivity index (χ0) is 14.3. The van der Waals surface area contributed by atoms with Gasteiger partial charge in [-0.25, -0.2) is 0 Å². The summed E-state index contributed by atoms with van der Waals surface area (Å²) in [5, 5.41) is 4.89. The standard InChI is InChI=1S/C13H25ClN4O/c1-4-17(5-2)7-6-12(15)13-11(14)10-16-18(13)8-9-19-3/h10,12H,4-9,15H2,1-3H3. The molecule has 0 fully saturated rings. The van der Waals surface area contributed by atoms with Crippen LogP contribution in [0, 0.1) is 0 Å². The highest BCUT2D eigenvalue weighted by Gasteiger charge is 2.17. The third-order valence-corrected chi connectivity index (χ3v) is 3.63. The number of methoxy groups -OCH3 is 1. The second-order valence-electron chi connectivity index (χ2n) is 4.52. The predicted molar refractivity (Wildman–Crippen MR) is 78.4 cm³/mol. The summed E-state index contributed by atoms with van der Waals surface area (Å²) in [7, 11) is 1.67. The van der Waals surface area contributed by atoms with Gasteiger partial charge in [0.05, 0.1) is 30.1 Å². The van der Waals surface area contributed by atoms with Gasteiger partial charge >= 0.3 is 0 Å². The molecule has 0 aliphatic rings. The maximum atomic E-state index is 6.26. The Morgan fingerprint density at radius 1 is 1.47 bits per heavy atom. The predicted octanol–water partition coefficient (Wildman–Crippen LogP) is 1.91. The summed E-state index contributed by atoms with van der Waals surface area (Å²) in [6.07, 6.45) is 2.53. The molecule has 0 bridgehead atoms. The summed E-state index contributed by atoms with van der Waals surface area (Å²) < 4.78 is 6.92. The van der Waals surface area contributed by atoms with E-state index in [2.05, 4.69) is 23.8 Å². The molecule has 2 N–H and O–H groups in total. The Morgan fingerprint density at radius 3 is 2.74 bits per heavy atom. The summed E-state index contributed by atoms with van der Waals surface area (Å²) >= 11 is 6.18. The average Bonchev–Trinajstić information content (AvgIpc) is 2.78. The van der Waals surface area contributed by atoms with Crippen molar-refractivity contribution in [1.29, 1.82) is 0 Å². The van der Waals surface area contributed by atoms with Crippen molar-refractivity contribution in [1.82, 2.24) is 14.7 Å². The third kappa shape index (κ3) is 4.76. The molecule has 0 spiro atoms. The minimum Gasteiger partial charge on any atom is -0.383 e. The Kier molecular flexibility index (Phi) is 7.38. The molecule has 1 atom stereocenters. The van der Waals surface area contributed by atoms with Gasteiger partial charge in [-0.05, 0) is 26.1 Å². The van der Waals surface area contributed by atoms with E-state index in [1.807, 2.05) is 4.68 Å². The van der Waals surface area contributed by atoms with Crippen LogP contribution in [0.15, 0.2) is 6.20 Å². The molecular weight excluding hydrogens is 264 g/mol. The first-order chi connectivity index (χ1) is 9.13. The molecule has 1 rings (SSSR count). The molecule has 5 nitrogen and oxygen atoms in total. The second-order valence-corrected chi connectivity index (χ2v) is 4.92. The highest BCUT2D eigenvalue weighted by Crippen LogP contribution is 2.23. The minimum atomic E-state index is -0.0903. The van der Waals surface area contributed by atoms with E-state index in [1.165, 1.54) is 0 Å². The summed E-state index contributed by atoms with van der Waals surface area (Å²) in [5.74, 6) is 0. The molecule has 110 valence electrons. The summed E-state index contributed by atoms with van der Waals surface area (Å²) in [4.78, 5) is 2.35. The molecule has 19 heavy (non-hydrogen) atoms. The van der Waals surface area contributed by atoms with Crippen LogP contribution in [0.25, 0.3) is 0 Å². The number of hydrogen-bond acceptors (Lipinski definition) is 4. The van der Waals surface area contributed by atoms with Gasteiger partial charge in [-0.15, -0.1) is 0 Å². The van der Waals surface area contributed by atoms with Gasteiger partial charge in [0.2, 0.25) is 0 Å². The first-order valence-corrected chi connectivity index (χ1v) is 7.19. The maximum Gasteiger partial charge on any atom is 0.0834 e. The molecule has 1 heterocycles. The molecule has 1 aromatic rings. The SMILES string of the molecule is CCN(CC)CCC(N)c1c(Cl)cnn1CCOC. The van der Waals surface area contributed by atoms with Crippen LogP contribution < -0.4 is 5.73 Å². The summed E-state index contributed by atoms with van der Waals surface area (Å²) in [6, 6.07) is -0.0903. The molecule has 0 saturated heterocycles. The van der Waals surface area contributed by atoms with Crippen LogP contribution in [0.3, 0.4) is 0 Å². The van der Waals surface area contributed by atoms with E-state index in [0.29, 0.717) is 18.2 Å². The van der Waals surface area contributed by atoms with Gasteiger partial charge in [-0.2, -0.15) is 5.10 Å². The van der Waals surface area contributed by atoms with E-state index in [9.17, 15) is 0 Å². The van der Waals surface area contributed by atoms with Crippen LogP contribution >= 0.6 is 11.6 Å². The number of nitrogens with two attached hydrogens (primary N) is 1. The van der Waals surface area contributed by atoms with Gasteiger partial charge in [0.25, 0.3) is 0 Å². The fourth-order valence-electron chi connectivity index (χ4n) is 2.09. The van der Waals surface area contributed by atoms with Crippen LogP contribution in [0.4, 0.5) is 0 Å². The topological polar surface area (TPSA) is 56.3 Å². The Balaban J connectivity index is 2.64. The van der Waals surface area contributed by atoms with Crippen molar-refractivity contribution in [2.24, 2.45) is 5.73 Å². The second kappa shape index (κ2) is 8.53. The average molecular weight is 289 g/mol. The lowest BCUT2D eigenvalue weighted by atomic mass is 10.1. The first-order valence-electron chi connectivity index (χ1n) is 6.82. The van der Waals surface area contributed by atoms with Gasteiger partial charge in [0, 0.05) is 13.2 Å². The fraction of sp³-hybridized carbons (Fsp3) is 0.769. The van der Waals surface area contributed by atoms with Crippen LogP contribution in [-0.4, -0.2) is 48.0 Å². The molecule has 1 aromatic heterocycles. The van der Waals surface area contributed by atoms with Gasteiger partial charge < -0.3 is 15.4 Å². The highest BCUT2D eigenvalue weighted by atomic mass is 35.5. The lowest BCUT2D eigenvalue weighted by Gasteiger charge is -2.21. The Labute approximate surface area is 120 Å². The van der Waals surface area contributed by atoms with Crippen molar-refractivity contribution in [2.75, 3.05) is 33.4 Å². The van der Waals surface area contributed by atoms with Crippen molar-refractivity contribution in [2.45, 2.75) is 32.9 Å². The number of ether oxygens (including phenoxy) is 1. The Morgan fingerprint density at radius 2 is 2.16 bits per heavy atom. The van der Waals surface area contributed by atoms with E-state index >= 15 is 0 Å². The van der Waals surface area contributed by atoms with Crippen LogP contribution in [0.1, 0.15) is 32.0 Å². The molecule has 0 amide bonds. The minimum absolute atomic E-state index is 0.0903. The van der Waals surface area contributed by atoms with E-state index in [0.717, 1.165) is 31.7 Å². The van der Waals surface area contributed by atoms with E-state index in [4.69, 9.17) is 22.1 Å². The highest BCUT2D eigenvalue weighted by molar-refractivity contribution is 6.31. The lowest BCUT2D eigenvalue weighted by molar-refractivity contribution is 0.181. The number of halogens is 1. The largest absolute Gasteiger partial charge is 0.383 e. The maximum absolute atomic E-state index is 6.26. The Hall–Kier alpha value is -0.620. The van der Waals surface area contributed by atoms with E-state index < -0.39 is 0 Å². The number of rotatable bonds is 9. The molecule has 0 aliphatic carbocycles.